The van der Waals surface area contributed by atoms with Gasteiger partial charge in [0, 0.05) is 6.42 Å². The number of allylic oxidation sites excluding steroid dienone is 1. The van der Waals surface area contributed by atoms with Gasteiger partial charge in [0.25, 0.3) is 0 Å². The molecule has 0 heterocycles. The van der Waals surface area contributed by atoms with E-state index in [1.165, 1.54) is 51.4 Å². The lowest BCUT2D eigenvalue weighted by Gasteiger charge is -2.58. The van der Waals surface area contributed by atoms with Crippen LogP contribution in [0.15, 0.2) is 35.9 Å². The second-order valence-corrected chi connectivity index (χ2v) is 14.6. The second kappa shape index (κ2) is 12.1. The largest absolute Gasteiger partial charge is 0.497 e. The molecule has 40 heavy (non-hydrogen) atoms. The summed E-state index contributed by atoms with van der Waals surface area (Å²) >= 11 is 0. The van der Waals surface area contributed by atoms with E-state index in [4.69, 9.17) is 14.2 Å². The highest BCUT2D eigenvalue weighted by molar-refractivity contribution is 5.71. The van der Waals surface area contributed by atoms with Crippen molar-refractivity contribution in [1.29, 1.82) is 0 Å². The number of ether oxygens (including phenoxy) is 3. The van der Waals surface area contributed by atoms with Gasteiger partial charge in [-0.05, 0) is 116 Å². The Balaban J connectivity index is 1.17. The number of carbonyl (C=O) groups is 1. The Labute approximate surface area is 243 Å². The molecule has 222 valence electrons. The Hall–Kier alpha value is -1.97. The fraction of sp³-hybridized carbons (Fsp3) is 0.750. The Morgan fingerprint density at radius 2 is 1.70 bits per heavy atom. The summed E-state index contributed by atoms with van der Waals surface area (Å²) in [6.45, 7) is 12.5. The lowest BCUT2D eigenvalue weighted by atomic mass is 9.47. The van der Waals surface area contributed by atoms with Crippen molar-refractivity contribution in [3.63, 3.8) is 0 Å². The van der Waals surface area contributed by atoms with Crippen molar-refractivity contribution in [2.24, 2.45) is 46.3 Å². The van der Waals surface area contributed by atoms with Crippen LogP contribution in [0.1, 0.15) is 105 Å². The summed E-state index contributed by atoms with van der Waals surface area (Å²) in [4.78, 5) is 12.6. The highest BCUT2D eigenvalue weighted by Crippen LogP contribution is 2.67. The topological polar surface area (TPSA) is 44.8 Å². The predicted molar refractivity (Wildman–Crippen MR) is 161 cm³/mol. The van der Waals surface area contributed by atoms with Gasteiger partial charge in [0.1, 0.15) is 17.6 Å². The highest BCUT2D eigenvalue weighted by atomic mass is 16.6. The molecule has 0 saturated heterocycles. The fourth-order valence-electron chi connectivity index (χ4n) is 9.79. The Morgan fingerprint density at radius 1 is 0.950 bits per heavy atom. The Morgan fingerprint density at radius 3 is 2.42 bits per heavy atom. The van der Waals surface area contributed by atoms with Crippen LogP contribution in [0.5, 0.6) is 11.5 Å². The third-order valence-electron chi connectivity index (χ3n) is 12.0. The van der Waals surface area contributed by atoms with Gasteiger partial charge in [0.2, 0.25) is 0 Å². The van der Waals surface area contributed by atoms with Crippen LogP contribution in [0.4, 0.5) is 0 Å². The molecule has 3 saturated carbocycles. The minimum absolute atomic E-state index is 0.0285. The lowest BCUT2D eigenvalue weighted by Crippen LogP contribution is -2.51. The molecular weight excluding hydrogens is 496 g/mol. The van der Waals surface area contributed by atoms with Crippen LogP contribution in [0, 0.1) is 46.3 Å². The molecule has 8 atom stereocenters. The summed E-state index contributed by atoms with van der Waals surface area (Å²) in [5.74, 6) is 6.23. The Bertz CT molecular complexity index is 1040. The smallest absolute Gasteiger partial charge is 0.344 e. The van der Waals surface area contributed by atoms with E-state index in [1.807, 2.05) is 24.3 Å². The van der Waals surface area contributed by atoms with Gasteiger partial charge in [-0.15, -0.1) is 0 Å². The van der Waals surface area contributed by atoms with E-state index >= 15 is 0 Å². The van der Waals surface area contributed by atoms with Crippen LogP contribution >= 0.6 is 0 Å². The second-order valence-electron chi connectivity index (χ2n) is 14.6. The van der Waals surface area contributed by atoms with Crippen molar-refractivity contribution in [2.75, 3.05) is 13.7 Å². The molecular formula is C36H54O4. The first-order chi connectivity index (χ1) is 19.1. The number of rotatable bonds is 10. The van der Waals surface area contributed by atoms with E-state index in [1.54, 1.807) is 12.7 Å². The normalized spacial score (nSPS) is 35.7. The standard InChI is InChI=1S/C36H54O4/c1-24(2)8-7-9-25(3)31-16-17-32-30-15-10-26-22-29(18-20-35(26,4)33(30)19-21-36(31,32)5)40-34(37)23-39-28-13-11-27(38-6)12-14-28/h10-14,24-25,29-33H,7-9,15-23H2,1-6H3/t25-,29+,30+,31-,32+,33+,35+,36-/m1/s1. The number of hydrogen-bond acceptors (Lipinski definition) is 4. The summed E-state index contributed by atoms with van der Waals surface area (Å²) < 4.78 is 16.8. The van der Waals surface area contributed by atoms with Crippen LogP contribution in [0.3, 0.4) is 0 Å². The van der Waals surface area contributed by atoms with Gasteiger partial charge in [0.05, 0.1) is 7.11 Å². The highest BCUT2D eigenvalue weighted by Gasteiger charge is 2.59. The molecule has 3 fully saturated rings. The fourth-order valence-corrected chi connectivity index (χ4v) is 9.79. The van der Waals surface area contributed by atoms with Crippen molar-refractivity contribution >= 4 is 5.97 Å². The molecule has 4 heteroatoms. The summed E-state index contributed by atoms with van der Waals surface area (Å²) in [5, 5.41) is 0. The molecule has 0 amide bonds. The molecule has 0 spiro atoms. The van der Waals surface area contributed by atoms with Gasteiger partial charge >= 0.3 is 5.97 Å². The monoisotopic (exact) mass is 550 g/mol. The quantitative estimate of drug-likeness (QED) is 0.215. The minimum Gasteiger partial charge on any atom is -0.497 e. The van der Waals surface area contributed by atoms with Crippen molar-refractivity contribution in [3.8, 4) is 11.5 Å². The molecule has 1 aromatic rings. The van der Waals surface area contributed by atoms with Crippen molar-refractivity contribution in [1.82, 2.24) is 0 Å². The van der Waals surface area contributed by atoms with E-state index in [2.05, 4.69) is 40.7 Å². The van der Waals surface area contributed by atoms with Gasteiger partial charge in [0.15, 0.2) is 6.61 Å². The number of carbonyl (C=O) groups excluding carboxylic acids is 1. The summed E-state index contributed by atoms with van der Waals surface area (Å²) in [5.41, 5.74) is 2.36. The maximum atomic E-state index is 12.6. The van der Waals surface area contributed by atoms with Crippen molar-refractivity contribution in [3.05, 3.63) is 35.9 Å². The van der Waals surface area contributed by atoms with E-state index < -0.39 is 0 Å². The minimum atomic E-state index is -0.272. The molecule has 4 nitrogen and oxygen atoms in total. The first-order valence-electron chi connectivity index (χ1n) is 16.3. The van der Waals surface area contributed by atoms with Crippen molar-refractivity contribution < 1.29 is 19.0 Å². The molecule has 4 aliphatic carbocycles. The maximum absolute atomic E-state index is 12.6. The lowest BCUT2D eigenvalue weighted by molar-refractivity contribution is -0.153. The average molecular weight is 551 g/mol. The third-order valence-corrected chi connectivity index (χ3v) is 12.0. The molecule has 1 aromatic carbocycles. The van der Waals surface area contributed by atoms with Crippen molar-refractivity contribution in [2.45, 2.75) is 111 Å². The van der Waals surface area contributed by atoms with Gasteiger partial charge < -0.3 is 14.2 Å². The summed E-state index contributed by atoms with van der Waals surface area (Å²) in [6, 6.07) is 7.30. The van der Waals surface area contributed by atoms with Gasteiger partial charge in [-0.25, -0.2) is 4.79 Å². The van der Waals surface area contributed by atoms with Gasteiger partial charge in [-0.1, -0.05) is 65.5 Å². The average Bonchev–Trinajstić information content (AvgIpc) is 3.29. The summed E-state index contributed by atoms with van der Waals surface area (Å²) in [7, 11) is 1.64. The number of esters is 1. The zero-order valence-electron chi connectivity index (χ0n) is 26.0. The van der Waals surface area contributed by atoms with E-state index in [0.717, 1.165) is 60.5 Å². The Kier molecular flexibility index (Phi) is 8.93. The number of methoxy groups -OCH3 is 1. The first-order valence-corrected chi connectivity index (χ1v) is 16.3. The molecule has 0 unspecified atom stereocenters. The molecule has 0 bridgehead atoms. The van der Waals surface area contributed by atoms with E-state index in [-0.39, 0.29) is 24.1 Å². The number of benzene rings is 1. The molecule has 0 aromatic heterocycles. The van der Waals surface area contributed by atoms with Gasteiger partial charge in [-0.2, -0.15) is 0 Å². The van der Waals surface area contributed by atoms with Crippen LogP contribution in [-0.4, -0.2) is 25.8 Å². The van der Waals surface area contributed by atoms with E-state index in [9.17, 15) is 4.79 Å². The van der Waals surface area contributed by atoms with Crippen LogP contribution in [-0.2, 0) is 9.53 Å². The molecule has 0 N–H and O–H groups in total. The van der Waals surface area contributed by atoms with Crippen LogP contribution in [0.2, 0.25) is 0 Å². The first kappa shape index (κ1) is 29.5. The number of fused-ring (bicyclic) bond motifs is 5. The molecule has 0 radical (unpaired) electrons. The maximum Gasteiger partial charge on any atom is 0.344 e. The van der Waals surface area contributed by atoms with Gasteiger partial charge in [-0.3, -0.25) is 0 Å². The van der Waals surface area contributed by atoms with Crippen LogP contribution < -0.4 is 9.47 Å². The molecule has 5 rings (SSSR count). The third kappa shape index (κ3) is 5.84. The SMILES string of the molecule is COc1ccc(OCC(=O)O[C@H]2CC[C@@]3(C)C(=CC[C@H]4[C@@H]5CC[C@H]([C@H](C)CCCC(C)C)[C@@]5(C)CC[C@@H]43)C2)cc1. The van der Waals surface area contributed by atoms with E-state index in [0.29, 0.717) is 11.2 Å². The molecule has 4 aliphatic rings. The zero-order valence-corrected chi connectivity index (χ0v) is 26.0. The predicted octanol–water partition coefficient (Wildman–Crippen LogP) is 9.03. The number of hydrogen-bond donors (Lipinski definition) is 0. The summed E-state index contributed by atoms with van der Waals surface area (Å²) in [6.07, 6.45) is 16.6. The van der Waals surface area contributed by atoms with Crippen LogP contribution in [0.25, 0.3) is 0 Å². The molecule has 0 aliphatic heterocycles. The zero-order chi connectivity index (χ0) is 28.5.